The van der Waals surface area contributed by atoms with E-state index in [2.05, 4.69) is 0 Å². The fourth-order valence-corrected chi connectivity index (χ4v) is 3.20. The first-order valence-electron chi connectivity index (χ1n) is 9.31. The minimum atomic E-state index is -0.509. The number of carbonyl (C=O) groups is 3. The third-order valence-electron chi connectivity index (χ3n) is 4.51. The molecule has 1 unspecified atom stereocenters. The van der Waals surface area contributed by atoms with Gasteiger partial charge >= 0.3 is 11.9 Å². The lowest BCUT2D eigenvalue weighted by Crippen LogP contribution is -2.34. The van der Waals surface area contributed by atoms with Crippen LogP contribution < -0.4 is 0 Å². The van der Waals surface area contributed by atoms with Crippen LogP contribution in [0.1, 0.15) is 40.2 Å². The van der Waals surface area contributed by atoms with Crippen LogP contribution in [0.2, 0.25) is 0 Å². The van der Waals surface area contributed by atoms with Crippen LogP contribution in [0.5, 0.6) is 0 Å². The second-order valence-electron chi connectivity index (χ2n) is 7.09. The van der Waals surface area contributed by atoms with E-state index in [0.29, 0.717) is 16.8 Å². The zero-order chi connectivity index (χ0) is 20.8. The van der Waals surface area contributed by atoms with Gasteiger partial charge in [0, 0.05) is 23.4 Å². The van der Waals surface area contributed by atoms with Crippen LogP contribution in [0.3, 0.4) is 0 Å². The van der Waals surface area contributed by atoms with E-state index in [-0.39, 0.29) is 25.0 Å². The Morgan fingerprint density at radius 2 is 1.79 bits per heavy atom. The maximum Gasteiger partial charge on any atom is 0.336 e. The van der Waals surface area contributed by atoms with Gasteiger partial charge in [-0.3, -0.25) is 9.59 Å². The van der Waals surface area contributed by atoms with Crippen LogP contribution in [-0.4, -0.2) is 35.3 Å². The van der Waals surface area contributed by atoms with Crippen LogP contribution in [-0.2, 0) is 30.5 Å². The summed E-state index contributed by atoms with van der Waals surface area (Å²) in [4.78, 5) is 38.6. The third-order valence-corrected chi connectivity index (χ3v) is 4.51. The van der Waals surface area contributed by atoms with Gasteiger partial charge in [-0.1, -0.05) is 37.3 Å². The first-order valence-corrected chi connectivity index (χ1v) is 9.31. The third kappa shape index (κ3) is 5.31. The van der Waals surface area contributed by atoms with Gasteiger partial charge in [0.15, 0.2) is 5.78 Å². The molecule has 1 aliphatic rings. The van der Waals surface area contributed by atoms with Crippen molar-refractivity contribution >= 4 is 17.7 Å². The molecule has 150 valence electrons. The summed E-state index contributed by atoms with van der Waals surface area (Å²) in [7, 11) is 0. The Hall–Kier alpha value is -2.89. The molecule has 1 atom stereocenters. The Morgan fingerprint density at radius 1 is 1.14 bits per heavy atom. The monoisotopic (exact) mass is 385 g/mol. The number of allylic oxidation sites excluding steroid dienone is 2. The number of ether oxygens (including phenoxy) is 2. The molecule has 0 radical (unpaired) electrons. The molecule has 6 nitrogen and oxygen atoms in total. The highest BCUT2D eigenvalue weighted by Crippen LogP contribution is 2.32. The number of hydrogen-bond donors (Lipinski definition) is 0. The molecule has 6 heteroatoms. The van der Waals surface area contributed by atoms with Crippen molar-refractivity contribution in [2.45, 2.75) is 47.3 Å². The van der Waals surface area contributed by atoms with Crippen LogP contribution in [0.15, 0.2) is 53.4 Å². The molecule has 1 heterocycles. The summed E-state index contributed by atoms with van der Waals surface area (Å²) in [5, 5.41) is 0. The van der Waals surface area contributed by atoms with E-state index in [1.807, 2.05) is 30.3 Å². The molecule has 1 aliphatic heterocycles. The molecule has 0 bridgehead atoms. The van der Waals surface area contributed by atoms with E-state index in [9.17, 15) is 14.4 Å². The number of carbonyl (C=O) groups excluding carboxylic acids is 3. The van der Waals surface area contributed by atoms with Crippen molar-refractivity contribution in [2.24, 2.45) is 5.92 Å². The second kappa shape index (κ2) is 9.35. The van der Waals surface area contributed by atoms with Gasteiger partial charge in [-0.2, -0.15) is 0 Å². The van der Waals surface area contributed by atoms with Crippen molar-refractivity contribution in [3.63, 3.8) is 0 Å². The standard InChI is InChI=1S/C22H27NO5/c1-14(2)28-20(25)12-23-11-19(15(3)21(16(23)4)17(5)24)22(26)27-13-18-9-7-6-8-10-18/h6-11,14-15H,12-13H2,1-5H3. The van der Waals surface area contributed by atoms with Gasteiger partial charge in [0.05, 0.1) is 11.7 Å². The SMILES string of the molecule is CC(=O)C1=C(C)N(CC(=O)OC(C)C)C=C(C(=O)OCc2ccccc2)C1C. The van der Waals surface area contributed by atoms with Gasteiger partial charge in [0.1, 0.15) is 13.2 Å². The van der Waals surface area contributed by atoms with Crippen LogP contribution >= 0.6 is 0 Å². The molecule has 0 fully saturated rings. The van der Waals surface area contributed by atoms with Crippen LogP contribution in [0.25, 0.3) is 0 Å². The Kier molecular flexibility index (Phi) is 7.15. The molecular formula is C22H27NO5. The quantitative estimate of drug-likeness (QED) is 0.670. The average Bonchev–Trinajstić information content (AvgIpc) is 2.62. The lowest BCUT2D eigenvalue weighted by atomic mass is 9.86. The number of benzene rings is 1. The van der Waals surface area contributed by atoms with Gasteiger partial charge in [-0.15, -0.1) is 0 Å². The predicted molar refractivity (Wildman–Crippen MR) is 105 cm³/mol. The molecular weight excluding hydrogens is 358 g/mol. The number of ketones is 1. The summed E-state index contributed by atoms with van der Waals surface area (Å²) in [5.41, 5.74) is 2.34. The maximum absolute atomic E-state index is 12.7. The largest absolute Gasteiger partial charge is 0.462 e. The summed E-state index contributed by atoms with van der Waals surface area (Å²) >= 11 is 0. The Balaban J connectivity index is 2.22. The zero-order valence-corrected chi connectivity index (χ0v) is 17.0. The first-order chi connectivity index (χ1) is 13.2. The van der Waals surface area contributed by atoms with Crippen molar-refractivity contribution in [1.82, 2.24) is 4.90 Å². The van der Waals surface area contributed by atoms with Crippen molar-refractivity contribution in [2.75, 3.05) is 6.54 Å². The van der Waals surface area contributed by atoms with E-state index in [0.717, 1.165) is 5.56 Å². The van der Waals surface area contributed by atoms with Gasteiger partial charge < -0.3 is 14.4 Å². The Bertz CT molecular complexity index is 807. The summed E-state index contributed by atoms with van der Waals surface area (Å²) in [6.45, 7) is 8.60. The van der Waals surface area contributed by atoms with E-state index < -0.39 is 17.9 Å². The van der Waals surface area contributed by atoms with E-state index in [4.69, 9.17) is 9.47 Å². The fraction of sp³-hybridized carbons (Fsp3) is 0.409. The highest BCUT2D eigenvalue weighted by atomic mass is 16.5. The minimum Gasteiger partial charge on any atom is -0.462 e. The van der Waals surface area contributed by atoms with Crippen molar-refractivity contribution < 1.29 is 23.9 Å². The van der Waals surface area contributed by atoms with Crippen molar-refractivity contribution in [3.8, 4) is 0 Å². The number of esters is 2. The zero-order valence-electron chi connectivity index (χ0n) is 17.0. The van der Waals surface area contributed by atoms with Crippen molar-refractivity contribution in [3.05, 3.63) is 58.9 Å². The molecule has 28 heavy (non-hydrogen) atoms. The number of hydrogen-bond acceptors (Lipinski definition) is 6. The van der Waals surface area contributed by atoms with E-state index >= 15 is 0 Å². The lowest BCUT2D eigenvalue weighted by Gasteiger charge is -2.32. The molecule has 0 N–H and O–H groups in total. The Labute approximate surface area is 165 Å². The molecule has 2 rings (SSSR count). The highest BCUT2D eigenvalue weighted by molar-refractivity contribution is 5.99. The van der Waals surface area contributed by atoms with Gasteiger partial charge in [-0.25, -0.2) is 4.79 Å². The van der Waals surface area contributed by atoms with Gasteiger partial charge in [0.25, 0.3) is 0 Å². The molecule has 0 spiro atoms. The van der Waals surface area contributed by atoms with Crippen LogP contribution in [0, 0.1) is 5.92 Å². The molecule has 0 amide bonds. The van der Waals surface area contributed by atoms with Gasteiger partial charge in [0.2, 0.25) is 0 Å². The summed E-state index contributed by atoms with van der Waals surface area (Å²) in [5.74, 6) is -1.50. The van der Waals surface area contributed by atoms with E-state index in [1.165, 1.54) is 6.92 Å². The van der Waals surface area contributed by atoms with E-state index in [1.54, 1.807) is 38.8 Å². The second-order valence-corrected chi connectivity index (χ2v) is 7.09. The minimum absolute atomic E-state index is 0.0804. The number of nitrogens with zero attached hydrogens (tertiary/aromatic N) is 1. The lowest BCUT2D eigenvalue weighted by molar-refractivity contribution is -0.148. The fourth-order valence-electron chi connectivity index (χ4n) is 3.20. The molecule has 1 aromatic rings. The predicted octanol–water partition coefficient (Wildman–Crippen LogP) is 3.38. The smallest absolute Gasteiger partial charge is 0.336 e. The summed E-state index contributed by atoms with van der Waals surface area (Å²) in [6, 6.07) is 9.36. The molecule has 0 saturated heterocycles. The van der Waals surface area contributed by atoms with Gasteiger partial charge in [-0.05, 0) is 33.3 Å². The molecule has 0 aromatic heterocycles. The molecule has 0 aliphatic carbocycles. The van der Waals surface area contributed by atoms with Crippen molar-refractivity contribution in [1.29, 1.82) is 0 Å². The topological polar surface area (TPSA) is 72.9 Å². The molecule has 1 aromatic carbocycles. The molecule has 0 saturated carbocycles. The average molecular weight is 385 g/mol. The maximum atomic E-state index is 12.7. The first kappa shape index (κ1) is 21.4. The summed E-state index contributed by atoms with van der Waals surface area (Å²) < 4.78 is 10.6. The number of rotatable bonds is 7. The summed E-state index contributed by atoms with van der Waals surface area (Å²) in [6.07, 6.45) is 1.34. The number of Topliss-reactive ketones (excluding diaryl/α,β-unsaturated/α-hetero) is 1. The normalized spacial score (nSPS) is 16.7. The Morgan fingerprint density at radius 3 is 2.36 bits per heavy atom. The van der Waals surface area contributed by atoms with Crippen LogP contribution in [0.4, 0.5) is 0 Å². The highest BCUT2D eigenvalue weighted by Gasteiger charge is 2.32.